The molecule has 21 heteroatoms. The molecule has 7 atom stereocenters. The molecule has 1 heterocycles. The summed E-state index contributed by atoms with van der Waals surface area (Å²) in [5, 5.41) is 43.7. The van der Waals surface area contributed by atoms with Crippen molar-refractivity contribution in [3.63, 3.8) is 0 Å². The number of unbranched alkanes of at least 4 members (excludes halogenated alkanes) is 1. The van der Waals surface area contributed by atoms with Crippen LogP contribution in [0.1, 0.15) is 77.5 Å². The van der Waals surface area contributed by atoms with Gasteiger partial charge in [0, 0.05) is 31.2 Å². The number of carboxylic acids is 2. The molecule has 0 saturated carbocycles. The van der Waals surface area contributed by atoms with E-state index in [-0.39, 0.29) is 30.9 Å². The zero-order valence-corrected chi connectivity index (χ0v) is 33.7. The van der Waals surface area contributed by atoms with Gasteiger partial charge in [0.2, 0.25) is 35.4 Å². The van der Waals surface area contributed by atoms with Crippen LogP contribution in [-0.4, -0.2) is 122 Å². The predicted molar refractivity (Wildman–Crippen MR) is 212 cm³/mol. The number of nitrogens with zero attached hydrogens (tertiary/aromatic N) is 1. The number of phenols is 1. The Balaban J connectivity index is 2.35. The second-order valence-electron chi connectivity index (χ2n) is 14.6. The fourth-order valence-electron chi connectivity index (χ4n) is 5.68. The molecule has 59 heavy (non-hydrogen) atoms. The van der Waals surface area contributed by atoms with E-state index >= 15 is 0 Å². The van der Waals surface area contributed by atoms with Gasteiger partial charge in [-0.25, -0.2) is 9.78 Å². The largest absolute Gasteiger partial charge is 0.508 e. The van der Waals surface area contributed by atoms with E-state index in [1.807, 2.05) is 0 Å². The fourth-order valence-corrected chi connectivity index (χ4v) is 5.68. The summed E-state index contributed by atoms with van der Waals surface area (Å²) in [4.78, 5) is 110. The zero-order valence-electron chi connectivity index (χ0n) is 33.7. The SMILES string of the molecule is CC(C)C[C@H](NC(=O)[C@H](C)NC(=O)[C@H](CCC(=O)O)NC(=O)[C@H](Cc1ccc(O)cc1)NC(=O)[C@H](Cc1cnc[nH]1)NC(=O)[C@H](C)NC(=O)[C@@H](N)CCCCN)C(=O)O. The molecule has 0 bridgehead atoms. The van der Waals surface area contributed by atoms with Gasteiger partial charge in [0.15, 0.2) is 0 Å². The third kappa shape index (κ3) is 17.9. The molecule has 326 valence electrons. The summed E-state index contributed by atoms with van der Waals surface area (Å²) in [5.41, 5.74) is 12.3. The lowest BCUT2D eigenvalue weighted by molar-refractivity contribution is -0.142. The van der Waals surface area contributed by atoms with E-state index in [0.717, 1.165) is 0 Å². The van der Waals surface area contributed by atoms with Crippen LogP contribution in [0.25, 0.3) is 0 Å². The minimum atomic E-state index is -1.55. The van der Waals surface area contributed by atoms with Gasteiger partial charge in [0.1, 0.15) is 42.0 Å². The normalized spacial score (nSPS) is 14.6. The fraction of sp³-hybridized carbons (Fsp3) is 0.553. The number of carbonyl (C=O) groups is 8. The Hall–Kier alpha value is -6.09. The van der Waals surface area contributed by atoms with Crippen LogP contribution in [0.5, 0.6) is 5.75 Å². The van der Waals surface area contributed by atoms with Gasteiger partial charge < -0.3 is 63.7 Å². The van der Waals surface area contributed by atoms with Gasteiger partial charge in [0.05, 0.1) is 12.4 Å². The number of aromatic nitrogens is 2. The zero-order chi connectivity index (χ0) is 44.2. The first-order valence-electron chi connectivity index (χ1n) is 19.3. The number of carbonyl (C=O) groups excluding carboxylic acids is 6. The predicted octanol–water partition coefficient (Wildman–Crippen LogP) is -1.70. The van der Waals surface area contributed by atoms with Crippen LogP contribution >= 0.6 is 0 Å². The monoisotopic (exact) mass is 830 g/mol. The number of imidazole rings is 1. The van der Waals surface area contributed by atoms with Crippen LogP contribution in [0.2, 0.25) is 0 Å². The van der Waals surface area contributed by atoms with Crippen molar-refractivity contribution in [1.29, 1.82) is 0 Å². The quantitative estimate of drug-likeness (QED) is 0.0471. The number of aliphatic carboxylic acids is 2. The number of aromatic amines is 1. The van der Waals surface area contributed by atoms with E-state index in [4.69, 9.17) is 11.5 Å². The number of hydrogen-bond acceptors (Lipinski definition) is 12. The third-order valence-electron chi connectivity index (χ3n) is 9.03. The number of rotatable bonds is 26. The van der Waals surface area contributed by atoms with Crippen LogP contribution in [0, 0.1) is 5.92 Å². The Morgan fingerprint density at radius 3 is 1.73 bits per heavy atom. The summed E-state index contributed by atoms with van der Waals surface area (Å²) < 4.78 is 0. The number of hydrogen-bond donors (Lipinski definition) is 12. The number of nitrogens with one attached hydrogen (secondary N) is 7. The van der Waals surface area contributed by atoms with Crippen LogP contribution in [0.4, 0.5) is 0 Å². The first-order valence-corrected chi connectivity index (χ1v) is 19.3. The van der Waals surface area contributed by atoms with E-state index < -0.39 is 103 Å². The third-order valence-corrected chi connectivity index (χ3v) is 9.03. The molecule has 14 N–H and O–H groups in total. The molecule has 0 aliphatic rings. The second kappa shape index (κ2) is 24.6. The van der Waals surface area contributed by atoms with Gasteiger partial charge in [-0.3, -0.25) is 33.6 Å². The molecule has 0 aliphatic carbocycles. The Labute approximate surface area is 341 Å². The summed E-state index contributed by atoms with van der Waals surface area (Å²) >= 11 is 0. The maximum Gasteiger partial charge on any atom is 0.326 e. The average Bonchev–Trinajstić information content (AvgIpc) is 3.69. The molecule has 21 nitrogen and oxygen atoms in total. The highest BCUT2D eigenvalue weighted by Crippen LogP contribution is 2.13. The lowest BCUT2D eigenvalue weighted by atomic mass is 10.0. The van der Waals surface area contributed by atoms with Crippen LogP contribution < -0.4 is 43.4 Å². The summed E-state index contributed by atoms with van der Waals surface area (Å²) in [7, 11) is 0. The standard InChI is InChI=1S/C38H58N10O11/c1-20(2)15-30(38(58)59)48-33(53)22(4)44-35(55)27(12-13-31(50)51)45-36(56)28(16-23-8-10-25(49)11-9-23)47-37(57)29(17-24-18-41-19-42-24)46-32(52)21(3)43-34(54)26(40)7-5-6-14-39/h8-11,18-22,26-30,49H,5-7,12-17,39-40H2,1-4H3,(H,41,42)(H,43,54)(H,44,55)(H,45,56)(H,46,52)(H,47,57)(H,48,53)(H,50,51)(H,58,59)/t21-,22-,26-,27-,28-,29-,30-/m0/s1. The lowest BCUT2D eigenvalue weighted by Gasteiger charge is -2.27. The number of carboxylic acid groups (broad SMARTS) is 2. The molecule has 0 spiro atoms. The highest BCUT2D eigenvalue weighted by atomic mass is 16.4. The van der Waals surface area contributed by atoms with E-state index in [9.17, 15) is 53.7 Å². The topological polar surface area (TPSA) is 350 Å². The minimum Gasteiger partial charge on any atom is -0.508 e. The number of amides is 6. The van der Waals surface area contributed by atoms with E-state index in [0.29, 0.717) is 37.1 Å². The van der Waals surface area contributed by atoms with Crippen molar-refractivity contribution in [2.75, 3.05) is 6.54 Å². The van der Waals surface area contributed by atoms with Crippen LogP contribution in [0.3, 0.4) is 0 Å². The van der Waals surface area contributed by atoms with E-state index in [2.05, 4.69) is 41.9 Å². The van der Waals surface area contributed by atoms with Crippen LogP contribution in [-0.2, 0) is 51.2 Å². The highest BCUT2D eigenvalue weighted by molar-refractivity contribution is 5.97. The molecule has 2 rings (SSSR count). The van der Waals surface area contributed by atoms with Gasteiger partial charge in [-0.05, 0) is 69.7 Å². The first kappa shape index (κ1) is 49.1. The molecule has 0 saturated heterocycles. The summed E-state index contributed by atoms with van der Waals surface area (Å²) in [6.45, 7) is 6.64. The van der Waals surface area contributed by atoms with E-state index in [1.165, 1.54) is 50.6 Å². The highest BCUT2D eigenvalue weighted by Gasteiger charge is 2.33. The molecule has 1 aromatic carbocycles. The Bertz CT molecular complexity index is 1720. The molecule has 6 amide bonds. The number of benzene rings is 1. The van der Waals surface area contributed by atoms with Gasteiger partial charge in [0.25, 0.3) is 0 Å². The maximum absolute atomic E-state index is 14.0. The number of nitrogens with two attached hydrogens (primary N) is 2. The van der Waals surface area contributed by atoms with Gasteiger partial charge in [-0.2, -0.15) is 0 Å². The summed E-state index contributed by atoms with van der Waals surface area (Å²) in [6.07, 6.45) is 3.10. The van der Waals surface area contributed by atoms with Gasteiger partial charge in [-0.15, -0.1) is 0 Å². The maximum atomic E-state index is 14.0. The first-order chi connectivity index (χ1) is 27.8. The number of phenolic OH excluding ortho intramolecular Hbond substituents is 1. The van der Waals surface area contributed by atoms with Crippen molar-refractivity contribution in [3.05, 3.63) is 48.0 Å². The minimum absolute atomic E-state index is 0.0821. The Morgan fingerprint density at radius 2 is 1.20 bits per heavy atom. The summed E-state index contributed by atoms with van der Waals surface area (Å²) in [5.74, 6) is -7.70. The number of aromatic hydroxyl groups is 1. The lowest BCUT2D eigenvalue weighted by Crippen LogP contribution is -2.60. The molecule has 2 aromatic rings. The molecular weight excluding hydrogens is 772 g/mol. The Morgan fingerprint density at radius 1 is 0.678 bits per heavy atom. The average molecular weight is 831 g/mol. The smallest absolute Gasteiger partial charge is 0.326 e. The van der Waals surface area contributed by atoms with Crippen molar-refractivity contribution in [2.24, 2.45) is 17.4 Å². The molecule has 1 aromatic heterocycles. The Kier molecular flexibility index (Phi) is 20.5. The molecule has 0 radical (unpaired) electrons. The molecule has 0 fully saturated rings. The summed E-state index contributed by atoms with van der Waals surface area (Å²) in [6, 6.07) is -3.31. The van der Waals surface area contributed by atoms with Crippen molar-refractivity contribution in [1.82, 2.24) is 41.9 Å². The number of H-pyrrole nitrogens is 1. The van der Waals surface area contributed by atoms with Crippen molar-refractivity contribution in [3.8, 4) is 5.75 Å². The molecule has 0 unspecified atom stereocenters. The molecular formula is C38H58N10O11. The van der Waals surface area contributed by atoms with Gasteiger partial charge >= 0.3 is 11.9 Å². The molecule has 0 aliphatic heterocycles. The van der Waals surface area contributed by atoms with E-state index in [1.54, 1.807) is 13.8 Å². The van der Waals surface area contributed by atoms with Gasteiger partial charge in [-0.1, -0.05) is 32.4 Å². The van der Waals surface area contributed by atoms with Crippen LogP contribution in [0.15, 0.2) is 36.8 Å². The van der Waals surface area contributed by atoms with Crippen molar-refractivity contribution < 1.29 is 53.7 Å². The van der Waals surface area contributed by atoms with Crippen molar-refractivity contribution in [2.45, 2.75) is 121 Å². The van der Waals surface area contributed by atoms with Crippen molar-refractivity contribution >= 4 is 47.4 Å². The second-order valence-corrected chi connectivity index (χ2v) is 14.6.